The minimum atomic E-state index is -0.264. The van der Waals surface area contributed by atoms with Crippen molar-refractivity contribution in [1.29, 1.82) is 5.26 Å². The Morgan fingerprint density at radius 2 is 1.50 bits per heavy atom. The van der Waals surface area contributed by atoms with Crippen molar-refractivity contribution in [2.24, 2.45) is 0 Å². The highest BCUT2D eigenvalue weighted by atomic mass is 16.5. The quantitative estimate of drug-likeness (QED) is 0.661. The van der Waals surface area contributed by atoms with E-state index in [4.69, 9.17) is 14.7 Å². The molecule has 0 aliphatic heterocycles. The van der Waals surface area contributed by atoms with E-state index in [0.717, 1.165) is 11.4 Å². The molecule has 1 amide bonds. The van der Waals surface area contributed by atoms with Crippen molar-refractivity contribution >= 4 is 23.0 Å². The molecule has 3 aromatic carbocycles. The second-order valence-electron chi connectivity index (χ2n) is 5.95. The van der Waals surface area contributed by atoms with Gasteiger partial charge in [-0.05, 0) is 54.6 Å². The van der Waals surface area contributed by atoms with Crippen molar-refractivity contribution in [2.45, 2.75) is 0 Å². The van der Waals surface area contributed by atoms with Gasteiger partial charge in [-0.3, -0.25) is 4.79 Å². The van der Waals surface area contributed by atoms with Crippen LogP contribution in [0.4, 0.5) is 17.1 Å². The number of carbonyl (C=O) groups is 1. The highest BCUT2D eigenvalue weighted by molar-refractivity contribution is 6.04. The Kier molecular flexibility index (Phi) is 5.78. The number of nitriles is 1. The van der Waals surface area contributed by atoms with Crippen LogP contribution in [0.15, 0.2) is 66.7 Å². The summed E-state index contributed by atoms with van der Waals surface area (Å²) in [5.41, 5.74) is 3.34. The molecule has 3 rings (SSSR count). The summed E-state index contributed by atoms with van der Waals surface area (Å²) in [4.78, 5) is 12.5. The fraction of sp³-hybridized carbons (Fsp3) is 0.0909. The largest absolute Gasteiger partial charge is 0.497 e. The van der Waals surface area contributed by atoms with E-state index in [0.29, 0.717) is 28.3 Å². The number of nitrogens with zero attached hydrogens (tertiary/aromatic N) is 1. The molecule has 0 radical (unpaired) electrons. The van der Waals surface area contributed by atoms with Crippen molar-refractivity contribution in [3.63, 3.8) is 0 Å². The first-order chi connectivity index (χ1) is 13.6. The van der Waals surface area contributed by atoms with Gasteiger partial charge < -0.3 is 20.1 Å². The van der Waals surface area contributed by atoms with Gasteiger partial charge >= 0.3 is 0 Å². The molecule has 0 atom stereocenters. The van der Waals surface area contributed by atoms with Gasteiger partial charge in [0.2, 0.25) is 0 Å². The standard InChI is InChI=1S/C22H19N3O3/c1-27-20-11-16(12-21(13-20)28-2)22(26)25-18-8-6-17(7-9-18)24-19-5-3-4-15(10-19)14-23/h3-13,24H,1-2H3,(H,25,26). The molecule has 0 aromatic heterocycles. The number of carbonyl (C=O) groups excluding carboxylic acids is 1. The molecule has 3 aromatic rings. The molecule has 28 heavy (non-hydrogen) atoms. The summed E-state index contributed by atoms with van der Waals surface area (Å²) in [5.74, 6) is 0.826. The molecule has 6 heteroatoms. The van der Waals surface area contributed by atoms with Gasteiger partial charge in [0.05, 0.1) is 25.9 Å². The fourth-order valence-corrected chi connectivity index (χ4v) is 2.61. The van der Waals surface area contributed by atoms with Crippen molar-refractivity contribution < 1.29 is 14.3 Å². The van der Waals surface area contributed by atoms with E-state index in [-0.39, 0.29) is 5.91 Å². The summed E-state index contributed by atoms with van der Waals surface area (Å²) in [6, 6.07) is 21.6. The van der Waals surface area contributed by atoms with Gasteiger partial charge in [-0.2, -0.15) is 5.26 Å². The van der Waals surface area contributed by atoms with E-state index in [1.54, 1.807) is 42.5 Å². The van der Waals surface area contributed by atoms with E-state index in [1.165, 1.54) is 14.2 Å². The second-order valence-corrected chi connectivity index (χ2v) is 5.95. The highest BCUT2D eigenvalue weighted by Gasteiger charge is 2.10. The van der Waals surface area contributed by atoms with Gasteiger partial charge in [-0.25, -0.2) is 0 Å². The maximum Gasteiger partial charge on any atom is 0.255 e. The number of hydrogen-bond donors (Lipinski definition) is 2. The number of amides is 1. The lowest BCUT2D eigenvalue weighted by molar-refractivity contribution is 0.102. The van der Waals surface area contributed by atoms with E-state index in [2.05, 4.69) is 16.7 Å². The van der Waals surface area contributed by atoms with Gasteiger partial charge in [0, 0.05) is 28.7 Å². The molecular formula is C22H19N3O3. The minimum Gasteiger partial charge on any atom is -0.497 e. The first-order valence-corrected chi connectivity index (χ1v) is 8.53. The normalized spacial score (nSPS) is 9.89. The summed E-state index contributed by atoms with van der Waals surface area (Å²) in [6.45, 7) is 0. The van der Waals surface area contributed by atoms with Crippen LogP contribution in [0.1, 0.15) is 15.9 Å². The van der Waals surface area contributed by atoms with Gasteiger partial charge in [-0.1, -0.05) is 6.07 Å². The van der Waals surface area contributed by atoms with Gasteiger partial charge in [0.25, 0.3) is 5.91 Å². The first kappa shape index (κ1) is 18.8. The second kappa shape index (κ2) is 8.60. The molecule has 0 bridgehead atoms. The molecule has 0 aliphatic rings. The third-order valence-corrected chi connectivity index (χ3v) is 4.04. The van der Waals surface area contributed by atoms with Crippen LogP contribution < -0.4 is 20.1 Å². The molecule has 140 valence electrons. The van der Waals surface area contributed by atoms with Gasteiger partial charge in [0.15, 0.2) is 0 Å². The molecular weight excluding hydrogens is 354 g/mol. The Morgan fingerprint density at radius 3 is 2.11 bits per heavy atom. The zero-order chi connectivity index (χ0) is 19.9. The summed E-state index contributed by atoms with van der Waals surface area (Å²) in [5, 5.41) is 15.0. The van der Waals surface area contributed by atoms with Crippen LogP contribution in [0.3, 0.4) is 0 Å². The van der Waals surface area contributed by atoms with Crippen molar-refractivity contribution in [1.82, 2.24) is 0 Å². The maximum absolute atomic E-state index is 12.5. The predicted octanol–water partition coefficient (Wildman–Crippen LogP) is 4.57. The lowest BCUT2D eigenvalue weighted by Gasteiger charge is -2.10. The lowest BCUT2D eigenvalue weighted by Crippen LogP contribution is -2.12. The number of methoxy groups -OCH3 is 2. The van der Waals surface area contributed by atoms with Crippen LogP contribution >= 0.6 is 0 Å². The van der Waals surface area contributed by atoms with E-state index >= 15 is 0 Å². The van der Waals surface area contributed by atoms with Gasteiger partial charge in [-0.15, -0.1) is 0 Å². The SMILES string of the molecule is COc1cc(OC)cc(C(=O)Nc2ccc(Nc3cccc(C#N)c3)cc2)c1. The van der Waals surface area contributed by atoms with Crippen LogP contribution in [0.5, 0.6) is 11.5 Å². The minimum absolute atomic E-state index is 0.264. The summed E-state index contributed by atoms with van der Waals surface area (Å²) in [6.07, 6.45) is 0. The lowest BCUT2D eigenvalue weighted by atomic mass is 10.1. The average Bonchev–Trinajstić information content (AvgIpc) is 2.74. The third-order valence-electron chi connectivity index (χ3n) is 4.04. The monoisotopic (exact) mass is 373 g/mol. The Bertz CT molecular complexity index is 1000. The first-order valence-electron chi connectivity index (χ1n) is 8.53. The van der Waals surface area contributed by atoms with Crippen LogP contribution in [-0.4, -0.2) is 20.1 Å². The molecule has 0 heterocycles. The summed E-state index contributed by atoms with van der Waals surface area (Å²) in [7, 11) is 3.07. The third kappa shape index (κ3) is 4.59. The van der Waals surface area contributed by atoms with Crippen LogP contribution in [0.25, 0.3) is 0 Å². The summed E-state index contributed by atoms with van der Waals surface area (Å²) >= 11 is 0. The molecule has 0 saturated heterocycles. The van der Waals surface area contributed by atoms with E-state index in [9.17, 15) is 4.79 Å². The van der Waals surface area contributed by atoms with Crippen molar-refractivity contribution in [3.05, 3.63) is 77.9 Å². The number of anilines is 3. The Hall–Kier alpha value is -3.98. The topological polar surface area (TPSA) is 83.4 Å². The Morgan fingerprint density at radius 1 is 0.857 bits per heavy atom. The number of hydrogen-bond acceptors (Lipinski definition) is 5. The van der Waals surface area contributed by atoms with E-state index < -0.39 is 0 Å². The fourth-order valence-electron chi connectivity index (χ4n) is 2.61. The molecule has 0 aliphatic carbocycles. The smallest absolute Gasteiger partial charge is 0.255 e. The van der Waals surface area contributed by atoms with E-state index in [1.807, 2.05) is 24.3 Å². The molecule has 0 unspecified atom stereocenters. The molecule has 2 N–H and O–H groups in total. The molecule has 6 nitrogen and oxygen atoms in total. The number of ether oxygens (including phenoxy) is 2. The zero-order valence-electron chi connectivity index (χ0n) is 15.5. The Balaban J connectivity index is 1.70. The molecule has 0 saturated carbocycles. The van der Waals surface area contributed by atoms with Crippen molar-refractivity contribution in [3.8, 4) is 17.6 Å². The maximum atomic E-state index is 12.5. The number of benzene rings is 3. The van der Waals surface area contributed by atoms with Crippen LogP contribution in [0, 0.1) is 11.3 Å². The number of rotatable bonds is 6. The summed E-state index contributed by atoms with van der Waals surface area (Å²) < 4.78 is 10.4. The van der Waals surface area contributed by atoms with Crippen molar-refractivity contribution in [2.75, 3.05) is 24.9 Å². The zero-order valence-corrected chi connectivity index (χ0v) is 15.5. The highest BCUT2D eigenvalue weighted by Crippen LogP contribution is 2.24. The molecule has 0 spiro atoms. The van der Waals surface area contributed by atoms with Crippen LogP contribution in [-0.2, 0) is 0 Å². The predicted molar refractivity (Wildman–Crippen MR) is 108 cm³/mol. The average molecular weight is 373 g/mol. The van der Waals surface area contributed by atoms with Gasteiger partial charge in [0.1, 0.15) is 11.5 Å². The van der Waals surface area contributed by atoms with Crippen LogP contribution in [0.2, 0.25) is 0 Å². The Labute approximate surface area is 163 Å². The number of nitrogens with one attached hydrogen (secondary N) is 2. The molecule has 0 fully saturated rings.